The van der Waals surface area contributed by atoms with E-state index in [-0.39, 0.29) is 6.10 Å². The van der Waals surface area contributed by atoms with Crippen molar-refractivity contribution in [3.8, 4) is 11.5 Å². The summed E-state index contributed by atoms with van der Waals surface area (Å²) >= 11 is 0. The highest BCUT2D eigenvalue weighted by Crippen LogP contribution is 2.16. The molecule has 2 N–H and O–H groups in total. The van der Waals surface area contributed by atoms with Crippen molar-refractivity contribution in [2.75, 3.05) is 0 Å². The van der Waals surface area contributed by atoms with Crippen LogP contribution < -0.4 is 20.3 Å². The number of aromatic nitrogens is 2. The second-order valence-corrected chi connectivity index (χ2v) is 8.07. The molecule has 8 nitrogen and oxygen atoms in total. The van der Waals surface area contributed by atoms with E-state index >= 15 is 0 Å². The molecule has 8 heteroatoms. The molecule has 4 aromatic rings. The van der Waals surface area contributed by atoms with Gasteiger partial charge in [0.15, 0.2) is 0 Å². The Morgan fingerprint density at radius 3 is 2.06 bits per heavy atom. The fourth-order valence-corrected chi connectivity index (χ4v) is 3.35. The predicted molar refractivity (Wildman–Crippen MR) is 128 cm³/mol. The van der Waals surface area contributed by atoms with Crippen molar-refractivity contribution in [3.63, 3.8) is 0 Å². The van der Waals surface area contributed by atoms with E-state index < -0.39 is 11.8 Å². The number of hydrogen-bond acceptors (Lipinski definition) is 5. The number of fused-ring (bicyclic) bond motifs is 1. The topological polar surface area (TPSA) is 94.0 Å². The third-order valence-corrected chi connectivity index (χ3v) is 5.01. The predicted octanol–water partition coefficient (Wildman–Crippen LogP) is 4.08. The Balaban J connectivity index is 1.28. The molecule has 4 rings (SSSR count). The lowest BCUT2D eigenvalue weighted by atomic mass is 10.2. The molecule has 174 valence electrons. The van der Waals surface area contributed by atoms with E-state index in [1.54, 1.807) is 48.5 Å². The van der Waals surface area contributed by atoms with Gasteiger partial charge in [-0.2, -0.15) is 0 Å². The molecule has 2 heterocycles. The number of pyridine rings is 1. The van der Waals surface area contributed by atoms with E-state index in [1.807, 2.05) is 49.7 Å². The van der Waals surface area contributed by atoms with Crippen LogP contribution in [0.3, 0.4) is 0 Å². The van der Waals surface area contributed by atoms with Crippen molar-refractivity contribution >= 4 is 17.5 Å². The molecule has 2 amide bonds. The van der Waals surface area contributed by atoms with Crippen LogP contribution in [0.5, 0.6) is 11.5 Å². The number of aryl methyl sites for hydroxylation is 1. The van der Waals surface area contributed by atoms with Gasteiger partial charge in [-0.25, -0.2) is 4.98 Å². The first kappa shape index (κ1) is 22.8. The third-order valence-electron chi connectivity index (χ3n) is 5.01. The highest BCUT2D eigenvalue weighted by Gasteiger charge is 2.10. The molecular formula is C26H26N4O4. The van der Waals surface area contributed by atoms with Crippen LogP contribution in [-0.2, 0) is 6.61 Å². The standard InChI is InChI=1S/C26H26N4O4/c1-17(2)34-23-12-8-20(9-13-23)26(32)29-28-25(31)19-6-10-22(11-7-19)33-16-21-15-30-14-4-5-18(3)24(30)27-21/h4-15,17H,16H2,1-3H3,(H,28,31)(H,29,32). The van der Waals surface area contributed by atoms with Crippen molar-refractivity contribution in [2.45, 2.75) is 33.5 Å². The van der Waals surface area contributed by atoms with Crippen LogP contribution in [0, 0.1) is 6.92 Å². The summed E-state index contributed by atoms with van der Waals surface area (Å²) in [7, 11) is 0. The lowest BCUT2D eigenvalue weighted by Crippen LogP contribution is -2.41. The van der Waals surface area contributed by atoms with Crippen molar-refractivity contribution in [1.29, 1.82) is 0 Å². The number of nitrogens with zero attached hydrogens (tertiary/aromatic N) is 2. The number of ether oxygens (including phenoxy) is 2. The van der Waals surface area contributed by atoms with Crippen LogP contribution in [0.2, 0.25) is 0 Å². The summed E-state index contributed by atoms with van der Waals surface area (Å²) < 4.78 is 13.3. The van der Waals surface area contributed by atoms with E-state index in [1.165, 1.54) is 0 Å². The zero-order valence-electron chi connectivity index (χ0n) is 19.2. The molecule has 2 aromatic heterocycles. The molecule has 0 unspecified atom stereocenters. The summed E-state index contributed by atoms with van der Waals surface area (Å²) in [6, 6.07) is 17.3. The first-order valence-corrected chi connectivity index (χ1v) is 10.9. The highest BCUT2D eigenvalue weighted by molar-refractivity contribution is 5.99. The normalized spacial score (nSPS) is 10.8. The van der Waals surface area contributed by atoms with Gasteiger partial charge in [-0.05, 0) is 80.9 Å². The third kappa shape index (κ3) is 5.53. The molecule has 0 saturated carbocycles. The second-order valence-electron chi connectivity index (χ2n) is 8.07. The van der Waals surface area contributed by atoms with Crippen LogP contribution in [0.15, 0.2) is 73.1 Å². The Kier molecular flexibility index (Phi) is 6.77. The van der Waals surface area contributed by atoms with Gasteiger partial charge in [0.2, 0.25) is 0 Å². The van der Waals surface area contributed by atoms with E-state index in [0.29, 0.717) is 29.2 Å². The first-order valence-electron chi connectivity index (χ1n) is 10.9. The number of benzene rings is 2. The molecule has 34 heavy (non-hydrogen) atoms. The number of hydrogen-bond donors (Lipinski definition) is 2. The molecule has 0 spiro atoms. The summed E-state index contributed by atoms with van der Waals surface area (Å²) in [5, 5.41) is 0. The fourth-order valence-electron chi connectivity index (χ4n) is 3.35. The lowest BCUT2D eigenvalue weighted by Gasteiger charge is -2.11. The summed E-state index contributed by atoms with van der Waals surface area (Å²) in [5.41, 5.74) is 8.42. The number of hydrazine groups is 1. The van der Waals surface area contributed by atoms with Crippen LogP contribution in [0.1, 0.15) is 45.8 Å². The maximum atomic E-state index is 12.4. The van der Waals surface area contributed by atoms with Gasteiger partial charge < -0.3 is 13.9 Å². The van der Waals surface area contributed by atoms with Gasteiger partial charge in [0.05, 0.1) is 11.8 Å². The smallest absolute Gasteiger partial charge is 0.269 e. The van der Waals surface area contributed by atoms with Crippen molar-refractivity contribution < 1.29 is 19.1 Å². The van der Waals surface area contributed by atoms with Gasteiger partial charge in [0.1, 0.15) is 23.8 Å². The highest BCUT2D eigenvalue weighted by atomic mass is 16.5. The van der Waals surface area contributed by atoms with E-state index in [2.05, 4.69) is 15.8 Å². The van der Waals surface area contributed by atoms with Crippen LogP contribution in [-0.4, -0.2) is 27.3 Å². The number of carbonyl (C=O) groups is 2. The zero-order chi connectivity index (χ0) is 24.1. The average molecular weight is 459 g/mol. The maximum Gasteiger partial charge on any atom is 0.269 e. The molecule has 0 radical (unpaired) electrons. The maximum absolute atomic E-state index is 12.4. The number of rotatable bonds is 7. The van der Waals surface area contributed by atoms with Gasteiger partial charge in [-0.3, -0.25) is 20.4 Å². The molecule has 0 bridgehead atoms. The Morgan fingerprint density at radius 2 is 1.50 bits per heavy atom. The Hall–Kier alpha value is -4.33. The SMILES string of the molecule is Cc1cccn2cc(COc3ccc(C(=O)NNC(=O)c4ccc(OC(C)C)cc4)cc3)nc12. The van der Waals surface area contributed by atoms with E-state index in [9.17, 15) is 9.59 Å². The van der Waals surface area contributed by atoms with Crippen LogP contribution in [0.4, 0.5) is 0 Å². The van der Waals surface area contributed by atoms with E-state index in [0.717, 1.165) is 16.9 Å². The van der Waals surface area contributed by atoms with Gasteiger partial charge in [0.25, 0.3) is 11.8 Å². The average Bonchev–Trinajstić information content (AvgIpc) is 3.26. The van der Waals surface area contributed by atoms with Crippen molar-refractivity contribution in [3.05, 3.63) is 95.4 Å². The van der Waals surface area contributed by atoms with Gasteiger partial charge in [-0.15, -0.1) is 0 Å². The molecule has 0 fully saturated rings. The Morgan fingerprint density at radius 1 is 0.912 bits per heavy atom. The van der Waals surface area contributed by atoms with Crippen LogP contribution >= 0.6 is 0 Å². The van der Waals surface area contributed by atoms with Crippen molar-refractivity contribution in [1.82, 2.24) is 20.2 Å². The Bertz CT molecular complexity index is 1290. The van der Waals surface area contributed by atoms with Crippen LogP contribution in [0.25, 0.3) is 5.65 Å². The molecule has 2 aromatic carbocycles. The van der Waals surface area contributed by atoms with Gasteiger partial charge >= 0.3 is 0 Å². The molecule has 0 aliphatic rings. The zero-order valence-corrected chi connectivity index (χ0v) is 19.2. The first-order chi connectivity index (χ1) is 16.4. The molecular weight excluding hydrogens is 432 g/mol. The minimum Gasteiger partial charge on any atom is -0.491 e. The molecule has 0 aliphatic carbocycles. The molecule has 0 aliphatic heterocycles. The van der Waals surface area contributed by atoms with Gasteiger partial charge in [0, 0.05) is 23.5 Å². The minimum absolute atomic E-state index is 0.0472. The quantitative estimate of drug-likeness (QED) is 0.407. The lowest BCUT2D eigenvalue weighted by molar-refractivity contribution is 0.0846. The monoisotopic (exact) mass is 458 g/mol. The minimum atomic E-state index is -0.435. The Labute approximate surface area is 197 Å². The number of amides is 2. The molecule has 0 atom stereocenters. The number of imidazole rings is 1. The number of nitrogens with one attached hydrogen (secondary N) is 2. The number of carbonyl (C=O) groups excluding carboxylic acids is 2. The fraction of sp³-hybridized carbons (Fsp3) is 0.192. The van der Waals surface area contributed by atoms with E-state index in [4.69, 9.17) is 9.47 Å². The second kappa shape index (κ2) is 10.1. The van der Waals surface area contributed by atoms with Crippen molar-refractivity contribution in [2.24, 2.45) is 0 Å². The summed E-state index contributed by atoms with van der Waals surface area (Å²) in [5.74, 6) is 0.426. The molecule has 0 saturated heterocycles. The summed E-state index contributed by atoms with van der Waals surface area (Å²) in [6.45, 7) is 6.18. The largest absolute Gasteiger partial charge is 0.491 e. The summed E-state index contributed by atoms with van der Waals surface area (Å²) in [6.07, 6.45) is 3.92. The summed E-state index contributed by atoms with van der Waals surface area (Å²) in [4.78, 5) is 29.2. The van der Waals surface area contributed by atoms with Gasteiger partial charge in [-0.1, -0.05) is 6.07 Å².